The van der Waals surface area contributed by atoms with Gasteiger partial charge in [-0.1, -0.05) is 26.0 Å². The molecule has 1 aromatic rings. The summed E-state index contributed by atoms with van der Waals surface area (Å²) in [7, 11) is -1.45. The van der Waals surface area contributed by atoms with Crippen LogP contribution in [0.4, 0.5) is 5.69 Å². The first-order chi connectivity index (χ1) is 9.41. The molecule has 0 radical (unpaired) electrons. The number of sulfonamides is 1. The van der Waals surface area contributed by atoms with Crippen molar-refractivity contribution in [1.29, 1.82) is 0 Å². The Morgan fingerprint density at radius 2 is 1.80 bits per heavy atom. The Morgan fingerprint density at radius 1 is 1.15 bits per heavy atom. The number of hydrogen-bond donors (Lipinski definition) is 0. The number of hydrogen-bond acceptors (Lipinski definition) is 2. The fourth-order valence-corrected chi connectivity index (χ4v) is 4.33. The monoisotopic (exact) mass is 293 g/mol. The van der Waals surface area contributed by atoms with Crippen LogP contribution in [0.3, 0.4) is 0 Å². The SMILES string of the molecule is CC(C)c1ccc(C2CC2)cc1N(C)S(=O)(=O)C1CC1. The van der Waals surface area contributed by atoms with Crippen molar-refractivity contribution in [1.82, 2.24) is 0 Å². The van der Waals surface area contributed by atoms with Crippen molar-refractivity contribution >= 4 is 15.7 Å². The Bertz CT molecular complexity index is 613. The third-order valence-corrected chi connectivity index (χ3v) is 6.67. The van der Waals surface area contributed by atoms with Crippen LogP contribution in [0.15, 0.2) is 18.2 Å². The molecule has 0 spiro atoms. The maximum absolute atomic E-state index is 12.5. The van der Waals surface area contributed by atoms with Gasteiger partial charge in [-0.15, -0.1) is 0 Å². The maximum atomic E-state index is 12.5. The second kappa shape index (κ2) is 4.76. The van der Waals surface area contributed by atoms with E-state index < -0.39 is 10.0 Å². The van der Waals surface area contributed by atoms with Crippen LogP contribution >= 0.6 is 0 Å². The summed E-state index contributed by atoms with van der Waals surface area (Å²) in [6, 6.07) is 6.40. The van der Waals surface area contributed by atoms with E-state index in [2.05, 4.69) is 32.0 Å². The summed E-state index contributed by atoms with van der Waals surface area (Å²) in [6.07, 6.45) is 4.09. The lowest BCUT2D eigenvalue weighted by atomic mass is 9.98. The molecule has 0 N–H and O–H groups in total. The molecule has 3 nitrogen and oxygen atoms in total. The summed E-state index contributed by atoms with van der Waals surface area (Å²) in [5.74, 6) is 0.974. The fraction of sp³-hybridized carbons (Fsp3) is 0.625. The highest BCUT2D eigenvalue weighted by atomic mass is 32.2. The minimum absolute atomic E-state index is 0.155. The molecule has 0 aliphatic heterocycles. The van der Waals surface area contributed by atoms with Gasteiger partial charge in [0.25, 0.3) is 0 Å². The van der Waals surface area contributed by atoms with Gasteiger partial charge in [0, 0.05) is 7.05 Å². The molecular formula is C16H23NO2S. The van der Waals surface area contributed by atoms with Crippen LogP contribution in [-0.4, -0.2) is 20.7 Å². The lowest BCUT2D eigenvalue weighted by Gasteiger charge is -2.24. The predicted molar refractivity (Wildman–Crippen MR) is 82.9 cm³/mol. The first-order valence-electron chi connectivity index (χ1n) is 7.53. The Labute approximate surface area is 122 Å². The third kappa shape index (κ3) is 2.46. The molecule has 2 aliphatic rings. The Kier molecular flexibility index (Phi) is 3.32. The van der Waals surface area contributed by atoms with Crippen LogP contribution in [0.1, 0.15) is 62.5 Å². The van der Waals surface area contributed by atoms with Crippen molar-refractivity contribution in [2.24, 2.45) is 0 Å². The quantitative estimate of drug-likeness (QED) is 0.831. The molecule has 1 aromatic carbocycles. The van der Waals surface area contributed by atoms with Crippen molar-refractivity contribution in [2.75, 3.05) is 11.4 Å². The van der Waals surface area contributed by atoms with Gasteiger partial charge in [-0.3, -0.25) is 4.31 Å². The average molecular weight is 293 g/mol. The number of rotatable bonds is 5. The van der Waals surface area contributed by atoms with Crippen LogP contribution in [0, 0.1) is 0 Å². The number of nitrogens with zero attached hydrogens (tertiary/aromatic N) is 1. The second-order valence-corrected chi connectivity index (χ2v) is 8.70. The highest BCUT2D eigenvalue weighted by Gasteiger charge is 2.39. The number of anilines is 1. The van der Waals surface area contributed by atoms with Gasteiger partial charge in [-0.2, -0.15) is 0 Å². The van der Waals surface area contributed by atoms with Crippen LogP contribution < -0.4 is 4.31 Å². The van der Waals surface area contributed by atoms with E-state index >= 15 is 0 Å². The molecule has 2 fully saturated rings. The molecule has 4 heteroatoms. The van der Waals surface area contributed by atoms with Crippen molar-refractivity contribution < 1.29 is 8.42 Å². The Balaban J connectivity index is 2.02. The smallest absolute Gasteiger partial charge is 0.237 e. The van der Waals surface area contributed by atoms with E-state index in [4.69, 9.17) is 0 Å². The molecule has 0 bridgehead atoms. The Hall–Kier alpha value is -1.03. The molecule has 2 aliphatic carbocycles. The van der Waals surface area contributed by atoms with E-state index in [0.29, 0.717) is 11.8 Å². The normalized spacial score (nSPS) is 19.4. The minimum atomic E-state index is -3.16. The molecule has 0 unspecified atom stereocenters. The van der Waals surface area contributed by atoms with Gasteiger partial charge in [0.05, 0.1) is 10.9 Å². The topological polar surface area (TPSA) is 37.4 Å². The predicted octanol–water partition coefficient (Wildman–Crippen LogP) is 3.62. The molecule has 3 rings (SSSR count). The van der Waals surface area contributed by atoms with Gasteiger partial charge >= 0.3 is 0 Å². The van der Waals surface area contributed by atoms with Gasteiger partial charge in [0.2, 0.25) is 10.0 Å². The third-order valence-electron chi connectivity index (χ3n) is 4.39. The fourth-order valence-electron chi connectivity index (χ4n) is 2.72. The van der Waals surface area contributed by atoms with Gasteiger partial charge in [-0.25, -0.2) is 8.42 Å². The van der Waals surface area contributed by atoms with E-state index in [9.17, 15) is 8.42 Å². The van der Waals surface area contributed by atoms with Crippen molar-refractivity contribution in [3.05, 3.63) is 29.3 Å². The standard InChI is InChI=1S/C16H23NO2S/c1-11(2)15-9-6-13(12-4-5-12)10-16(15)17(3)20(18,19)14-7-8-14/h6,9-12,14H,4-5,7-8H2,1-3H3. The average Bonchev–Trinajstić information content (AvgIpc) is 3.29. The summed E-state index contributed by atoms with van der Waals surface area (Å²) in [5, 5.41) is -0.155. The van der Waals surface area contributed by atoms with E-state index in [-0.39, 0.29) is 5.25 Å². The van der Waals surface area contributed by atoms with Gasteiger partial charge in [0.1, 0.15) is 0 Å². The maximum Gasteiger partial charge on any atom is 0.237 e. The molecule has 0 heterocycles. The summed E-state index contributed by atoms with van der Waals surface area (Å²) < 4.78 is 26.5. The lowest BCUT2D eigenvalue weighted by Crippen LogP contribution is -2.30. The summed E-state index contributed by atoms with van der Waals surface area (Å²) in [6.45, 7) is 4.24. The highest BCUT2D eigenvalue weighted by Crippen LogP contribution is 2.43. The second-order valence-electron chi connectivity index (χ2n) is 6.46. The van der Waals surface area contributed by atoms with Crippen LogP contribution in [0.5, 0.6) is 0 Å². The first-order valence-corrected chi connectivity index (χ1v) is 9.03. The molecule has 20 heavy (non-hydrogen) atoms. The molecular weight excluding hydrogens is 270 g/mol. The minimum Gasteiger partial charge on any atom is -0.273 e. The van der Waals surface area contributed by atoms with Crippen LogP contribution in [-0.2, 0) is 10.0 Å². The molecule has 0 amide bonds. The van der Waals surface area contributed by atoms with Gasteiger partial charge in [-0.05, 0) is 54.7 Å². The van der Waals surface area contributed by atoms with Crippen molar-refractivity contribution in [3.63, 3.8) is 0 Å². The van der Waals surface area contributed by atoms with E-state index in [1.54, 1.807) is 7.05 Å². The molecule has 110 valence electrons. The molecule has 2 saturated carbocycles. The summed E-state index contributed by atoms with van der Waals surface area (Å²) in [5.41, 5.74) is 3.31. The van der Waals surface area contributed by atoms with Crippen LogP contribution in [0.25, 0.3) is 0 Å². The van der Waals surface area contributed by atoms with Crippen molar-refractivity contribution in [2.45, 2.75) is 56.6 Å². The zero-order valence-corrected chi connectivity index (χ0v) is 13.3. The zero-order valence-electron chi connectivity index (χ0n) is 12.5. The Morgan fingerprint density at radius 3 is 2.30 bits per heavy atom. The zero-order chi connectivity index (χ0) is 14.5. The van der Waals surface area contributed by atoms with E-state index in [1.165, 1.54) is 22.7 Å². The molecule has 0 atom stereocenters. The lowest BCUT2D eigenvalue weighted by molar-refractivity contribution is 0.593. The van der Waals surface area contributed by atoms with Crippen molar-refractivity contribution in [3.8, 4) is 0 Å². The number of benzene rings is 1. The van der Waals surface area contributed by atoms with Crippen LogP contribution in [0.2, 0.25) is 0 Å². The largest absolute Gasteiger partial charge is 0.273 e. The first kappa shape index (κ1) is 13.9. The molecule has 0 aromatic heterocycles. The summed E-state index contributed by atoms with van der Waals surface area (Å²) >= 11 is 0. The van der Waals surface area contributed by atoms with Gasteiger partial charge < -0.3 is 0 Å². The molecule has 0 saturated heterocycles. The summed E-state index contributed by atoms with van der Waals surface area (Å²) in [4.78, 5) is 0. The van der Waals surface area contributed by atoms with Gasteiger partial charge in [0.15, 0.2) is 0 Å². The van der Waals surface area contributed by atoms with E-state index in [1.807, 2.05) is 0 Å². The highest BCUT2D eigenvalue weighted by molar-refractivity contribution is 7.93. The van der Waals surface area contributed by atoms with E-state index in [0.717, 1.165) is 24.1 Å².